The molecular weight excluding hydrogens is 296 g/mol. The van der Waals surface area contributed by atoms with E-state index < -0.39 is 0 Å². The first kappa shape index (κ1) is 13.5. The molecule has 0 aromatic carbocycles. The third kappa shape index (κ3) is 3.43. The van der Waals surface area contributed by atoms with Crippen LogP contribution in [0.2, 0.25) is 0 Å². The van der Waals surface area contributed by atoms with Crippen molar-refractivity contribution in [3.8, 4) is 0 Å². The number of halogens is 2. The number of thiophene rings is 1. The molecule has 2 nitrogen and oxygen atoms in total. The fourth-order valence-electron chi connectivity index (χ4n) is 1.89. The van der Waals surface area contributed by atoms with Gasteiger partial charge in [0.05, 0.1) is 0 Å². The van der Waals surface area contributed by atoms with Crippen LogP contribution in [0.15, 0.2) is 15.9 Å². The molecule has 0 aliphatic carbocycles. The molecule has 1 atom stereocenters. The van der Waals surface area contributed by atoms with Crippen molar-refractivity contribution in [2.75, 3.05) is 19.6 Å². The molecule has 2 heterocycles. The quantitative estimate of drug-likeness (QED) is 0.930. The summed E-state index contributed by atoms with van der Waals surface area (Å²) >= 11 is 5.39. The normalized spacial score (nSPS) is 21.6. The second kappa shape index (κ2) is 6.21. The zero-order valence-corrected chi connectivity index (χ0v) is 11.7. The van der Waals surface area contributed by atoms with Crippen molar-refractivity contribution in [1.82, 2.24) is 4.90 Å². The van der Waals surface area contributed by atoms with Crippen LogP contribution in [0.5, 0.6) is 0 Å². The number of likely N-dealkylation sites (tertiary alicyclic amines) is 1. The van der Waals surface area contributed by atoms with Gasteiger partial charge >= 0.3 is 0 Å². The lowest BCUT2D eigenvalue weighted by atomic mass is 10.1. The van der Waals surface area contributed by atoms with E-state index in [1.54, 1.807) is 0 Å². The molecule has 1 unspecified atom stereocenters. The summed E-state index contributed by atoms with van der Waals surface area (Å²) in [5.74, 6) is 0.716. The van der Waals surface area contributed by atoms with Crippen molar-refractivity contribution in [3.05, 3.63) is 20.8 Å². The van der Waals surface area contributed by atoms with E-state index in [1.807, 2.05) is 11.3 Å². The van der Waals surface area contributed by atoms with Gasteiger partial charge in [0.2, 0.25) is 0 Å². The highest BCUT2D eigenvalue weighted by Gasteiger charge is 2.21. The van der Waals surface area contributed by atoms with Crippen LogP contribution < -0.4 is 5.73 Å². The van der Waals surface area contributed by atoms with Crippen molar-refractivity contribution in [2.24, 2.45) is 11.7 Å². The van der Waals surface area contributed by atoms with Crippen LogP contribution in [0.4, 0.5) is 0 Å². The van der Waals surface area contributed by atoms with Gasteiger partial charge in [0.1, 0.15) is 0 Å². The van der Waals surface area contributed by atoms with Gasteiger partial charge in [0.25, 0.3) is 0 Å². The number of nitrogens with zero attached hydrogens (tertiary/aromatic N) is 1. The molecule has 1 saturated heterocycles. The van der Waals surface area contributed by atoms with E-state index in [0.717, 1.165) is 13.1 Å². The molecule has 86 valence electrons. The van der Waals surface area contributed by atoms with E-state index in [2.05, 4.69) is 32.3 Å². The van der Waals surface area contributed by atoms with Crippen LogP contribution >= 0.6 is 39.7 Å². The lowest BCUT2D eigenvalue weighted by Gasteiger charge is -2.14. The van der Waals surface area contributed by atoms with E-state index in [9.17, 15) is 0 Å². The lowest BCUT2D eigenvalue weighted by Crippen LogP contribution is -2.22. The third-order valence-corrected chi connectivity index (χ3v) is 4.67. The Labute approximate surface area is 109 Å². The summed E-state index contributed by atoms with van der Waals surface area (Å²) in [6.45, 7) is 4.28. The van der Waals surface area contributed by atoms with Gasteiger partial charge in [-0.3, -0.25) is 4.90 Å². The predicted molar refractivity (Wildman–Crippen MR) is 71.7 cm³/mol. The van der Waals surface area contributed by atoms with Gasteiger partial charge in [0, 0.05) is 22.4 Å². The van der Waals surface area contributed by atoms with Crippen LogP contribution in [-0.2, 0) is 6.54 Å². The van der Waals surface area contributed by atoms with Gasteiger partial charge in [-0.25, -0.2) is 0 Å². The number of hydrogen-bond donors (Lipinski definition) is 1. The van der Waals surface area contributed by atoms with E-state index in [-0.39, 0.29) is 12.4 Å². The van der Waals surface area contributed by atoms with E-state index in [4.69, 9.17) is 5.73 Å². The largest absolute Gasteiger partial charge is 0.330 e. The van der Waals surface area contributed by atoms with Gasteiger partial charge in [-0.1, -0.05) is 0 Å². The summed E-state index contributed by atoms with van der Waals surface area (Å²) in [5.41, 5.74) is 5.67. The maximum atomic E-state index is 5.67. The molecule has 15 heavy (non-hydrogen) atoms. The monoisotopic (exact) mass is 310 g/mol. The van der Waals surface area contributed by atoms with Gasteiger partial charge in [-0.2, -0.15) is 0 Å². The van der Waals surface area contributed by atoms with Crippen LogP contribution in [0.3, 0.4) is 0 Å². The lowest BCUT2D eigenvalue weighted by molar-refractivity contribution is 0.320. The van der Waals surface area contributed by atoms with Gasteiger partial charge in [-0.15, -0.1) is 23.7 Å². The number of nitrogens with two attached hydrogens (primary N) is 1. The van der Waals surface area contributed by atoms with Crippen molar-refractivity contribution in [3.63, 3.8) is 0 Å². The standard InChI is InChI=1S/C10H15BrN2S.ClH/c11-9-2-4-14-10(9)7-13-3-1-8(5-12)6-13;/h2,4,8H,1,3,5-7,12H2;1H. The average Bonchev–Trinajstić information content (AvgIpc) is 2.77. The van der Waals surface area contributed by atoms with Crippen molar-refractivity contribution < 1.29 is 0 Å². The molecular formula is C10H16BrClN2S. The summed E-state index contributed by atoms with van der Waals surface area (Å²) in [7, 11) is 0. The molecule has 5 heteroatoms. The van der Waals surface area contributed by atoms with Crippen LogP contribution in [0.25, 0.3) is 0 Å². The molecule has 2 rings (SSSR count). The SMILES string of the molecule is Cl.NCC1CCN(Cc2sccc2Br)C1. The summed E-state index contributed by atoms with van der Waals surface area (Å²) < 4.78 is 1.25. The summed E-state index contributed by atoms with van der Waals surface area (Å²) in [4.78, 5) is 3.93. The molecule has 1 aromatic rings. The molecule has 0 radical (unpaired) electrons. The number of hydrogen-bond acceptors (Lipinski definition) is 3. The van der Waals surface area contributed by atoms with Crippen LogP contribution in [0, 0.1) is 5.92 Å². The van der Waals surface area contributed by atoms with Gasteiger partial charge < -0.3 is 5.73 Å². The Morgan fingerprint density at radius 2 is 2.40 bits per heavy atom. The zero-order valence-electron chi connectivity index (χ0n) is 8.49. The Hall–Kier alpha value is 0.390. The molecule has 1 aliphatic heterocycles. The Balaban J connectivity index is 0.00000112. The minimum atomic E-state index is 0. The maximum Gasteiger partial charge on any atom is 0.0339 e. The first-order valence-electron chi connectivity index (χ1n) is 4.94. The molecule has 0 saturated carbocycles. The topological polar surface area (TPSA) is 29.3 Å². The molecule has 2 N–H and O–H groups in total. The summed E-state index contributed by atoms with van der Waals surface area (Å²) in [6.07, 6.45) is 1.26. The Morgan fingerprint density at radius 3 is 2.93 bits per heavy atom. The highest BCUT2D eigenvalue weighted by atomic mass is 79.9. The van der Waals surface area contributed by atoms with Crippen molar-refractivity contribution in [1.29, 1.82) is 0 Å². The average molecular weight is 312 g/mol. The highest BCUT2D eigenvalue weighted by molar-refractivity contribution is 9.10. The molecule has 0 spiro atoms. The smallest absolute Gasteiger partial charge is 0.0339 e. The zero-order chi connectivity index (χ0) is 9.97. The maximum absolute atomic E-state index is 5.67. The minimum absolute atomic E-state index is 0. The fraction of sp³-hybridized carbons (Fsp3) is 0.600. The molecule has 0 amide bonds. The predicted octanol–water partition coefficient (Wildman–Crippen LogP) is 2.71. The Bertz CT molecular complexity index is 305. The van der Waals surface area contributed by atoms with Crippen LogP contribution in [0.1, 0.15) is 11.3 Å². The molecule has 1 aliphatic rings. The van der Waals surface area contributed by atoms with Crippen molar-refractivity contribution in [2.45, 2.75) is 13.0 Å². The summed E-state index contributed by atoms with van der Waals surface area (Å²) in [5, 5.41) is 2.13. The highest BCUT2D eigenvalue weighted by Crippen LogP contribution is 2.26. The fourth-order valence-corrected chi connectivity index (χ4v) is 3.41. The Kier molecular flexibility index (Phi) is 5.57. The first-order chi connectivity index (χ1) is 6.79. The van der Waals surface area contributed by atoms with E-state index in [1.165, 1.54) is 28.9 Å². The number of rotatable bonds is 3. The molecule has 0 bridgehead atoms. The van der Waals surface area contributed by atoms with E-state index >= 15 is 0 Å². The van der Waals surface area contributed by atoms with Gasteiger partial charge in [0.15, 0.2) is 0 Å². The van der Waals surface area contributed by atoms with Crippen LogP contribution in [-0.4, -0.2) is 24.5 Å². The third-order valence-electron chi connectivity index (χ3n) is 2.76. The second-order valence-electron chi connectivity index (χ2n) is 3.82. The molecule has 1 fully saturated rings. The van der Waals surface area contributed by atoms with Crippen molar-refractivity contribution >= 4 is 39.7 Å². The first-order valence-corrected chi connectivity index (χ1v) is 6.61. The van der Waals surface area contributed by atoms with Gasteiger partial charge in [-0.05, 0) is 52.8 Å². The minimum Gasteiger partial charge on any atom is -0.330 e. The summed E-state index contributed by atoms with van der Waals surface area (Å²) in [6, 6.07) is 2.12. The van der Waals surface area contributed by atoms with E-state index in [0.29, 0.717) is 5.92 Å². The Morgan fingerprint density at radius 1 is 1.60 bits per heavy atom. The molecule has 1 aromatic heterocycles. The second-order valence-corrected chi connectivity index (χ2v) is 5.67.